The van der Waals surface area contributed by atoms with Gasteiger partial charge in [0.1, 0.15) is 0 Å². The highest BCUT2D eigenvalue weighted by atomic mass is 14.6. The van der Waals surface area contributed by atoms with E-state index in [1.807, 2.05) is 0 Å². The molecule has 3 saturated carbocycles. The molecule has 3 rings (SSSR count). The molecule has 3 aliphatic rings. The fourth-order valence-corrected chi connectivity index (χ4v) is 4.97. The van der Waals surface area contributed by atoms with Gasteiger partial charge in [-0.25, -0.2) is 0 Å². The van der Waals surface area contributed by atoms with E-state index >= 15 is 0 Å². The summed E-state index contributed by atoms with van der Waals surface area (Å²) in [6.07, 6.45) is 6.28. The van der Waals surface area contributed by atoms with Gasteiger partial charge in [0, 0.05) is 0 Å². The SMILES string of the molecule is CC1CC(C)C2C3CCC(C3)C12. The van der Waals surface area contributed by atoms with Crippen molar-refractivity contribution in [2.75, 3.05) is 0 Å². The molecule has 2 bridgehead atoms. The van der Waals surface area contributed by atoms with Crippen molar-refractivity contribution in [3.8, 4) is 0 Å². The molecule has 12 heavy (non-hydrogen) atoms. The van der Waals surface area contributed by atoms with E-state index in [-0.39, 0.29) is 0 Å². The van der Waals surface area contributed by atoms with E-state index in [0.717, 1.165) is 35.5 Å². The van der Waals surface area contributed by atoms with Crippen LogP contribution in [-0.2, 0) is 0 Å². The van der Waals surface area contributed by atoms with Gasteiger partial charge in [-0.15, -0.1) is 0 Å². The summed E-state index contributed by atoms with van der Waals surface area (Å²) in [4.78, 5) is 0. The van der Waals surface area contributed by atoms with Crippen molar-refractivity contribution >= 4 is 0 Å². The molecular formula is C12H20. The molecular weight excluding hydrogens is 144 g/mol. The Kier molecular flexibility index (Phi) is 1.40. The Morgan fingerprint density at radius 3 is 1.75 bits per heavy atom. The highest BCUT2D eigenvalue weighted by Crippen LogP contribution is 2.62. The molecule has 0 aliphatic heterocycles. The zero-order valence-electron chi connectivity index (χ0n) is 8.29. The predicted octanol–water partition coefficient (Wildman–Crippen LogP) is 3.32. The first-order chi connectivity index (χ1) is 5.77. The maximum absolute atomic E-state index is 2.50. The van der Waals surface area contributed by atoms with Crippen molar-refractivity contribution in [1.82, 2.24) is 0 Å². The van der Waals surface area contributed by atoms with Gasteiger partial charge in [0.05, 0.1) is 0 Å². The average molecular weight is 164 g/mol. The molecule has 6 unspecified atom stereocenters. The summed E-state index contributed by atoms with van der Waals surface area (Å²) in [6, 6.07) is 0. The number of rotatable bonds is 0. The van der Waals surface area contributed by atoms with Gasteiger partial charge in [0.15, 0.2) is 0 Å². The second-order valence-corrected chi connectivity index (χ2v) is 5.68. The molecule has 0 radical (unpaired) electrons. The Bertz CT molecular complexity index is 176. The molecule has 0 spiro atoms. The number of hydrogen-bond donors (Lipinski definition) is 0. The Morgan fingerprint density at radius 1 is 0.750 bits per heavy atom. The summed E-state index contributed by atoms with van der Waals surface area (Å²) >= 11 is 0. The van der Waals surface area contributed by atoms with E-state index in [0.29, 0.717) is 0 Å². The van der Waals surface area contributed by atoms with Crippen molar-refractivity contribution in [3.63, 3.8) is 0 Å². The minimum absolute atomic E-state index is 1.06. The van der Waals surface area contributed by atoms with Crippen LogP contribution in [0.15, 0.2) is 0 Å². The molecule has 0 N–H and O–H groups in total. The second kappa shape index (κ2) is 2.27. The minimum atomic E-state index is 1.06. The van der Waals surface area contributed by atoms with Crippen molar-refractivity contribution < 1.29 is 0 Å². The summed E-state index contributed by atoms with van der Waals surface area (Å²) in [6.45, 7) is 5.00. The van der Waals surface area contributed by atoms with Gasteiger partial charge in [-0.1, -0.05) is 13.8 Å². The molecule has 0 heteroatoms. The third kappa shape index (κ3) is 0.744. The maximum atomic E-state index is 2.50. The van der Waals surface area contributed by atoms with E-state index in [1.165, 1.54) is 6.42 Å². The van der Waals surface area contributed by atoms with E-state index in [4.69, 9.17) is 0 Å². The van der Waals surface area contributed by atoms with E-state index in [2.05, 4.69) is 13.8 Å². The lowest BCUT2D eigenvalue weighted by molar-refractivity contribution is 0.199. The highest BCUT2D eigenvalue weighted by Gasteiger charge is 2.54. The first-order valence-electron chi connectivity index (χ1n) is 5.77. The Labute approximate surface area is 75.7 Å². The topological polar surface area (TPSA) is 0 Å². The summed E-state index contributed by atoms with van der Waals surface area (Å²) in [5.74, 6) is 6.72. The molecule has 0 heterocycles. The average Bonchev–Trinajstić information content (AvgIpc) is 2.64. The molecule has 68 valence electrons. The van der Waals surface area contributed by atoms with Crippen molar-refractivity contribution in [1.29, 1.82) is 0 Å². The largest absolute Gasteiger partial charge is 0.0622 e. The third-order valence-corrected chi connectivity index (χ3v) is 5.10. The fraction of sp³-hybridized carbons (Fsp3) is 1.00. The predicted molar refractivity (Wildman–Crippen MR) is 50.8 cm³/mol. The normalized spacial score (nSPS) is 62.5. The molecule has 0 aromatic carbocycles. The number of hydrogen-bond acceptors (Lipinski definition) is 0. The first kappa shape index (κ1) is 7.41. The van der Waals surface area contributed by atoms with E-state index in [1.54, 1.807) is 19.3 Å². The van der Waals surface area contributed by atoms with Crippen LogP contribution in [0.4, 0.5) is 0 Å². The monoisotopic (exact) mass is 164 g/mol. The minimum Gasteiger partial charge on any atom is -0.0622 e. The molecule has 0 amide bonds. The van der Waals surface area contributed by atoms with Crippen LogP contribution in [0.25, 0.3) is 0 Å². The second-order valence-electron chi connectivity index (χ2n) is 5.68. The lowest BCUT2D eigenvalue weighted by atomic mass is 9.77. The summed E-state index contributed by atoms with van der Waals surface area (Å²) < 4.78 is 0. The van der Waals surface area contributed by atoms with Gasteiger partial charge >= 0.3 is 0 Å². The molecule has 0 aromatic rings. The standard InChI is InChI=1S/C12H20/c1-7-5-8(2)12-10-4-3-9(6-10)11(7)12/h7-12H,3-6H2,1-2H3. The first-order valence-corrected chi connectivity index (χ1v) is 5.77. The van der Waals surface area contributed by atoms with Crippen molar-refractivity contribution in [2.45, 2.75) is 39.5 Å². The smallest absolute Gasteiger partial charge is 0.0326 e. The van der Waals surface area contributed by atoms with Gasteiger partial charge < -0.3 is 0 Å². The molecule has 3 fully saturated rings. The van der Waals surface area contributed by atoms with E-state index in [9.17, 15) is 0 Å². The van der Waals surface area contributed by atoms with Crippen LogP contribution in [0.3, 0.4) is 0 Å². The van der Waals surface area contributed by atoms with Gasteiger partial charge in [-0.2, -0.15) is 0 Å². The third-order valence-electron chi connectivity index (χ3n) is 5.10. The molecule has 0 nitrogen and oxygen atoms in total. The van der Waals surface area contributed by atoms with E-state index < -0.39 is 0 Å². The van der Waals surface area contributed by atoms with Crippen LogP contribution in [0.2, 0.25) is 0 Å². The summed E-state index contributed by atoms with van der Waals surface area (Å²) in [7, 11) is 0. The molecule has 0 aromatic heterocycles. The maximum Gasteiger partial charge on any atom is -0.0326 e. The van der Waals surface area contributed by atoms with Gasteiger partial charge in [-0.3, -0.25) is 0 Å². The molecule has 3 aliphatic carbocycles. The van der Waals surface area contributed by atoms with Crippen LogP contribution in [0.5, 0.6) is 0 Å². The summed E-state index contributed by atoms with van der Waals surface area (Å²) in [5, 5.41) is 0. The van der Waals surface area contributed by atoms with Crippen LogP contribution in [0, 0.1) is 35.5 Å². The van der Waals surface area contributed by atoms with Crippen LogP contribution in [-0.4, -0.2) is 0 Å². The fourth-order valence-electron chi connectivity index (χ4n) is 4.97. The van der Waals surface area contributed by atoms with Crippen molar-refractivity contribution in [2.24, 2.45) is 35.5 Å². The van der Waals surface area contributed by atoms with Crippen LogP contribution >= 0.6 is 0 Å². The zero-order valence-corrected chi connectivity index (χ0v) is 8.29. The zero-order chi connectivity index (χ0) is 8.29. The quantitative estimate of drug-likeness (QED) is 0.515. The van der Waals surface area contributed by atoms with Crippen LogP contribution < -0.4 is 0 Å². The highest BCUT2D eigenvalue weighted by molar-refractivity contribution is 5.03. The van der Waals surface area contributed by atoms with Gasteiger partial charge in [0.2, 0.25) is 0 Å². The Balaban J connectivity index is 1.92. The van der Waals surface area contributed by atoms with Crippen molar-refractivity contribution in [3.05, 3.63) is 0 Å². The van der Waals surface area contributed by atoms with Gasteiger partial charge in [0.25, 0.3) is 0 Å². The van der Waals surface area contributed by atoms with Crippen LogP contribution in [0.1, 0.15) is 39.5 Å². The Hall–Kier alpha value is 0. The Morgan fingerprint density at radius 2 is 1.25 bits per heavy atom. The lowest BCUT2D eigenvalue weighted by Gasteiger charge is -2.28. The summed E-state index contributed by atoms with van der Waals surface area (Å²) in [5.41, 5.74) is 0. The lowest BCUT2D eigenvalue weighted by Crippen LogP contribution is -2.22. The molecule has 0 saturated heterocycles. The molecule has 6 atom stereocenters. The van der Waals surface area contributed by atoms with Gasteiger partial charge in [-0.05, 0) is 61.2 Å². The number of fused-ring (bicyclic) bond motifs is 5.